The SMILES string of the molecule is Cc1ccccc1N(c1nc(-c2ccccc2)nc(-n2c3ccccc3n3c4ccccc4nc23)n1)c1nc2ccccc2[nH]1. The number of hydrogen-bond acceptors (Lipinski definition) is 6. The first-order chi connectivity index (χ1) is 22.2. The van der Waals surface area contributed by atoms with E-state index in [0.29, 0.717) is 23.7 Å². The standard InChI is InChI=1S/C36H25N9/c1-23-13-5-9-19-28(23)44(33-37-25-16-6-7-17-26(25)38-33)34-40-32(24-14-3-2-4-15-24)41-35(42-34)45-31-22-12-11-21-30(31)43-29-20-10-8-18-27(29)39-36(43)45/h2-22H,1H3,(H,37,38). The van der Waals surface area contributed by atoms with Gasteiger partial charge in [-0.15, -0.1) is 0 Å². The van der Waals surface area contributed by atoms with Gasteiger partial charge in [-0.3, -0.25) is 4.40 Å². The van der Waals surface area contributed by atoms with Gasteiger partial charge in [0.25, 0.3) is 0 Å². The summed E-state index contributed by atoms with van der Waals surface area (Å²) in [6.07, 6.45) is 0. The van der Waals surface area contributed by atoms with Crippen LogP contribution in [0.1, 0.15) is 5.56 Å². The molecule has 0 aliphatic carbocycles. The van der Waals surface area contributed by atoms with Gasteiger partial charge in [0, 0.05) is 5.56 Å². The van der Waals surface area contributed by atoms with Crippen LogP contribution >= 0.6 is 0 Å². The van der Waals surface area contributed by atoms with Gasteiger partial charge in [0.1, 0.15) is 0 Å². The van der Waals surface area contributed by atoms with E-state index in [2.05, 4.69) is 46.6 Å². The first-order valence-electron chi connectivity index (χ1n) is 14.7. The van der Waals surface area contributed by atoms with Gasteiger partial charge in [-0.05, 0) is 55.0 Å². The summed E-state index contributed by atoms with van der Waals surface area (Å²) in [5.74, 6) is 2.75. The van der Waals surface area contributed by atoms with Crippen molar-refractivity contribution < 1.29 is 0 Å². The van der Waals surface area contributed by atoms with Crippen LogP contribution in [-0.4, -0.2) is 38.9 Å². The Balaban J connectivity index is 1.37. The number of anilines is 3. The van der Waals surface area contributed by atoms with Gasteiger partial charge in [0.2, 0.25) is 23.6 Å². The minimum atomic E-state index is 0.430. The molecule has 0 fully saturated rings. The molecule has 0 aliphatic heterocycles. The van der Waals surface area contributed by atoms with Crippen molar-refractivity contribution in [2.75, 3.05) is 4.90 Å². The Hall–Kier alpha value is -6.35. The molecule has 0 saturated carbocycles. The molecule has 0 saturated heterocycles. The van der Waals surface area contributed by atoms with E-state index in [0.717, 1.165) is 55.7 Å². The van der Waals surface area contributed by atoms with Crippen LogP contribution in [0.3, 0.4) is 0 Å². The van der Waals surface area contributed by atoms with Crippen LogP contribution in [0.25, 0.3) is 56.2 Å². The fourth-order valence-electron chi connectivity index (χ4n) is 5.99. The summed E-state index contributed by atoms with van der Waals surface area (Å²) in [5, 5.41) is 0. The molecule has 0 spiro atoms. The van der Waals surface area contributed by atoms with Gasteiger partial charge < -0.3 is 4.98 Å². The molecule has 9 rings (SSSR count). The summed E-state index contributed by atoms with van der Waals surface area (Å²) in [5.41, 5.74) is 8.47. The summed E-state index contributed by atoms with van der Waals surface area (Å²) < 4.78 is 4.18. The van der Waals surface area contributed by atoms with Crippen molar-refractivity contribution in [1.82, 2.24) is 38.9 Å². The van der Waals surface area contributed by atoms with Crippen LogP contribution in [0.2, 0.25) is 0 Å². The Morgan fingerprint density at radius 1 is 0.578 bits per heavy atom. The van der Waals surface area contributed by atoms with E-state index in [9.17, 15) is 0 Å². The zero-order valence-corrected chi connectivity index (χ0v) is 24.2. The maximum Gasteiger partial charge on any atom is 0.242 e. The van der Waals surface area contributed by atoms with Crippen molar-refractivity contribution in [2.24, 2.45) is 0 Å². The van der Waals surface area contributed by atoms with E-state index >= 15 is 0 Å². The largest absolute Gasteiger partial charge is 0.323 e. The highest BCUT2D eigenvalue weighted by Crippen LogP contribution is 2.36. The van der Waals surface area contributed by atoms with E-state index in [-0.39, 0.29) is 0 Å². The number of rotatable bonds is 5. The molecule has 4 aromatic heterocycles. The third-order valence-corrected chi connectivity index (χ3v) is 8.10. The third-order valence-electron chi connectivity index (χ3n) is 8.10. The number of imidazole rings is 3. The molecule has 0 radical (unpaired) electrons. The lowest BCUT2D eigenvalue weighted by Gasteiger charge is -2.23. The highest BCUT2D eigenvalue weighted by Gasteiger charge is 2.25. The molecule has 4 heterocycles. The van der Waals surface area contributed by atoms with Gasteiger partial charge in [0.05, 0.1) is 38.8 Å². The monoisotopic (exact) mass is 583 g/mol. The van der Waals surface area contributed by atoms with E-state index in [1.54, 1.807) is 0 Å². The molecule has 9 nitrogen and oxygen atoms in total. The van der Waals surface area contributed by atoms with Gasteiger partial charge in [-0.2, -0.15) is 15.0 Å². The van der Waals surface area contributed by atoms with Crippen molar-refractivity contribution in [1.29, 1.82) is 0 Å². The minimum Gasteiger partial charge on any atom is -0.323 e. The van der Waals surface area contributed by atoms with Crippen LogP contribution in [0, 0.1) is 6.92 Å². The quantitative estimate of drug-likeness (QED) is 0.221. The highest BCUT2D eigenvalue weighted by molar-refractivity contribution is 5.92. The molecule has 45 heavy (non-hydrogen) atoms. The number of nitrogens with zero attached hydrogens (tertiary/aromatic N) is 8. The zero-order chi connectivity index (χ0) is 29.9. The number of para-hydroxylation sites is 7. The normalized spacial score (nSPS) is 11.7. The molecule has 5 aromatic carbocycles. The Bertz CT molecular complexity index is 2490. The number of hydrogen-bond donors (Lipinski definition) is 1. The van der Waals surface area contributed by atoms with Gasteiger partial charge >= 0.3 is 0 Å². The van der Waals surface area contributed by atoms with Crippen molar-refractivity contribution in [3.05, 3.63) is 133 Å². The number of fused-ring (bicyclic) bond motifs is 6. The van der Waals surface area contributed by atoms with Crippen LogP contribution in [-0.2, 0) is 0 Å². The molecule has 0 atom stereocenters. The number of nitrogens with one attached hydrogen (secondary N) is 1. The number of aromatic amines is 1. The van der Waals surface area contributed by atoms with E-state index in [1.165, 1.54) is 0 Å². The number of aryl methyl sites for hydroxylation is 1. The van der Waals surface area contributed by atoms with E-state index in [1.807, 2.05) is 107 Å². The third kappa shape index (κ3) is 3.98. The zero-order valence-electron chi connectivity index (χ0n) is 24.2. The lowest BCUT2D eigenvalue weighted by atomic mass is 10.2. The van der Waals surface area contributed by atoms with Gasteiger partial charge in [-0.1, -0.05) is 84.9 Å². The Labute approximate surface area is 257 Å². The number of aromatic nitrogens is 8. The van der Waals surface area contributed by atoms with Crippen molar-refractivity contribution in [3.8, 4) is 17.3 Å². The lowest BCUT2D eigenvalue weighted by Crippen LogP contribution is -2.18. The van der Waals surface area contributed by atoms with Crippen LogP contribution < -0.4 is 4.90 Å². The van der Waals surface area contributed by atoms with Gasteiger partial charge in [-0.25, -0.2) is 19.4 Å². The van der Waals surface area contributed by atoms with E-state index < -0.39 is 0 Å². The Kier molecular flexibility index (Phi) is 5.51. The number of H-pyrrole nitrogens is 1. The molecular formula is C36H25N9. The summed E-state index contributed by atoms with van der Waals surface area (Å²) in [6.45, 7) is 2.07. The first kappa shape index (κ1) is 25.2. The molecule has 9 heteroatoms. The average molecular weight is 584 g/mol. The molecule has 9 aromatic rings. The highest BCUT2D eigenvalue weighted by atomic mass is 15.4. The molecule has 0 aliphatic rings. The lowest BCUT2D eigenvalue weighted by molar-refractivity contribution is 0.913. The van der Waals surface area contributed by atoms with E-state index in [4.69, 9.17) is 24.9 Å². The minimum absolute atomic E-state index is 0.430. The fourth-order valence-corrected chi connectivity index (χ4v) is 5.99. The second-order valence-electron chi connectivity index (χ2n) is 10.9. The summed E-state index contributed by atoms with van der Waals surface area (Å²) in [4.78, 5) is 30.9. The summed E-state index contributed by atoms with van der Waals surface area (Å²) in [6, 6.07) is 42.5. The summed E-state index contributed by atoms with van der Waals surface area (Å²) >= 11 is 0. The average Bonchev–Trinajstić information content (AvgIpc) is 3.77. The molecule has 0 amide bonds. The Morgan fingerprint density at radius 2 is 1.27 bits per heavy atom. The number of benzene rings is 5. The van der Waals surface area contributed by atoms with Crippen molar-refractivity contribution >= 4 is 56.5 Å². The topological polar surface area (TPSA) is 92.8 Å². The Morgan fingerprint density at radius 3 is 2.09 bits per heavy atom. The predicted octanol–water partition coefficient (Wildman–Crippen LogP) is 7.94. The smallest absolute Gasteiger partial charge is 0.242 e. The maximum atomic E-state index is 5.19. The molecule has 1 N–H and O–H groups in total. The molecule has 0 bridgehead atoms. The fraction of sp³-hybridized carbons (Fsp3) is 0.0278. The second kappa shape index (κ2) is 9.85. The van der Waals surface area contributed by atoms with Crippen LogP contribution in [0.4, 0.5) is 17.6 Å². The molecule has 0 unspecified atom stereocenters. The second-order valence-corrected chi connectivity index (χ2v) is 10.9. The maximum absolute atomic E-state index is 5.19. The predicted molar refractivity (Wildman–Crippen MR) is 177 cm³/mol. The van der Waals surface area contributed by atoms with Gasteiger partial charge in [0.15, 0.2) is 5.82 Å². The molecular weight excluding hydrogens is 558 g/mol. The molecule has 214 valence electrons. The van der Waals surface area contributed by atoms with Crippen molar-refractivity contribution in [2.45, 2.75) is 6.92 Å². The van der Waals surface area contributed by atoms with Crippen LogP contribution in [0.5, 0.6) is 0 Å². The first-order valence-corrected chi connectivity index (χ1v) is 14.7. The summed E-state index contributed by atoms with van der Waals surface area (Å²) in [7, 11) is 0. The van der Waals surface area contributed by atoms with Crippen LogP contribution in [0.15, 0.2) is 127 Å². The van der Waals surface area contributed by atoms with Crippen molar-refractivity contribution in [3.63, 3.8) is 0 Å².